The first-order valence-electron chi connectivity index (χ1n) is 10.7. The molecule has 4 rings (SSSR count). The number of hydrogen-bond donors (Lipinski definition) is 0. The maximum atomic E-state index is 13.3. The number of methoxy groups -OCH3 is 1. The Morgan fingerprint density at radius 2 is 2.00 bits per heavy atom. The molecule has 0 aromatic heterocycles. The van der Waals surface area contributed by atoms with Crippen LogP contribution in [0.3, 0.4) is 0 Å². The molecule has 1 atom stereocenters. The molecule has 0 fully saturated rings. The number of ether oxygens (including phenoxy) is 2. The molecule has 2 heterocycles. The number of amidine groups is 1. The van der Waals surface area contributed by atoms with Crippen molar-refractivity contribution in [1.82, 2.24) is 9.80 Å². The zero-order valence-electron chi connectivity index (χ0n) is 19.3. The Kier molecular flexibility index (Phi) is 7.57. The van der Waals surface area contributed by atoms with Crippen molar-refractivity contribution < 1.29 is 14.3 Å². The number of fused-ring (bicyclic) bond motifs is 1. The summed E-state index contributed by atoms with van der Waals surface area (Å²) in [7, 11) is 5.49. The average Bonchev–Trinajstić information content (AvgIpc) is 3.20. The van der Waals surface area contributed by atoms with Gasteiger partial charge in [-0.15, -0.1) is 0 Å². The summed E-state index contributed by atoms with van der Waals surface area (Å²) in [4.78, 5) is 22.9. The van der Waals surface area contributed by atoms with Gasteiger partial charge in [0.25, 0.3) is 0 Å². The molecule has 178 valence electrons. The summed E-state index contributed by atoms with van der Waals surface area (Å²) in [6.07, 6.45) is 1.97. The van der Waals surface area contributed by atoms with E-state index in [0.29, 0.717) is 40.2 Å². The monoisotopic (exact) mass is 517 g/mol. The van der Waals surface area contributed by atoms with Crippen LogP contribution in [0.2, 0.25) is 10.0 Å². The topological polar surface area (TPSA) is 54.4 Å². The fraction of sp³-hybridized carbons (Fsp3) is 0.280. The van der Waals surface area contributed by atoms with Gasteiger partial charge in [-0.3, -0.25) is 0 Å². The SMILES string of the molecule is COc1cccc(C2C(C(=O)OCCN(C)C)=C(C)N=C3SC(c4ccc(Cl)cc4Cl)=CN32)c1. The molecular formula is C25H25Cl2N3O3S. The van der Waals surface area contributed by atoms with E-state index in [9.17, 15) is 4.79 Å². The molecule has 1 unspecified atom stereocenters. The molecule has 0 spiro atoms. The number of nitrogens with zero attached hydrogens (tertiary/aromatic N) is 3. The van der Waals surface area contributed by atoms with Crippen LogP contribution in [0.15, 0.2) is 64.9 Å². The van der Waals surface area contributed by atoms with E-state index in [-0.39, 0.29) is 5.97 Å². The van der Waals surface area contributed by atoms with Gasteiger partial charge in [0.2, 0.25) is 0 Å². The van der Waals surface area contributed by atoms with E-state index in [1.165, 1.54) is 11.8 Å². The minimum Gasteiger partial charge on any atom is -0.497 e. The lowest BCUT2D eigenvalue weighted by Gasteiger charge is -2.33. The summed E-state index contributed by atoms with van der Waals surface area (Å²) in [5.74, 6) is 0.322. The molecule has 0 radical (unpaired) electrons. The molecule has 0 saturated heterocycles. The van der Waals surface area contributed by atoms with Crippen LogP contribution in [0.4, 0.5) is 0 Å². The third-order valence-electron chi connectivity index (χ3n) is 5.48. The number of esters is 1. The maximum Gasteiger partial charge on any atom is 0.338 e. The van der Waals surface area contributed by atoms with Gasteiger partial charge in [0.05, 0.1) is 29.4 Å². The Labute approximate surface area is 213 Å². The van der Waals surface area contributed by atoms with Gasteiger partial charge in [0.15, 0.2) is 5.17 Å². The Balaban J connectivity index is 1.76. The molecule has 6 nitrogen and oxygen atoms in total. The molecule has 34 heavy (non-hydrogen) atoms. The van der Waals surface area contributed by atoms with Gasteiger partial charge in [-0.05, 0) is 62.6 Å². The van der Waals surface area contributed by atoms with Gasteiger partial charge in [0.1, 0.15) is 12.4 Å². The van der Waals surface area contributed by atoms with E-state index in [2.05, 4.69) is 0 Å². The normalized spacial score (nSPS) is 17.5. The smallest absolute Gasteiger partial charge is 0.338 e. The number of halogens is 2. The highest BCUT2D eigenvalue weighted by Gasteiger charge is 2.39. The fourth-order valence-corrected chi connectivity index (χ4v) is 5.44. The highest BCUT2D eigenvalue weighted by atomic mass is 35.5. The average molecular weight is 518 g/mol. The summed E-state index contributed by atoms with van der Waals surface area (Å²) in [5.41, 5.74) is 2.87. The standard InChI is InChI=1S/C25H25Cl2N3O3S/c1-15-22(24(31)33-11-10-29(2)3)23(16-6-5-7-18(12-16)32-4)30-14-21(34-25(30)28-15)19-9-8-17(26)13-20(19)27/h5-9,12-14,23H,10-11H2,1-4H3. The first-order valence-corrected chi connectivity index (χ1v) is 12.2. The van der Waals surface area contributed by atoms with Gasteiger partial charge >= 0.3 is 5.97 Å². The van der Waals surface area contributed by atoms with Crippen molar-refractivity contribution in [3.63, 3.8) is 0 Å². The second-order valence-electron chi connectivity index (χ2n) is 8.14. The van der Waals surface area contributed by atoms with Crippen LogP contribution in [-0.2, 0) is 9.53 Å². The number of carbonyl (C=O) groups is 1. The second-order valence-corrected chi connectivity index (χ2v) is 9.99. The zero-order valence-corrected chi connectivity index (χ0v) is 21.7. The summed E-state index contributed by atoms with van der Waals surface area (Å²) >= 11 is 14.1. The van der Waals surface area contributed by atoms with Crippen molar-refractivity contribution in [1.29, 1.82) is 0 Å². The number of allylic oxidation sites excluding steroid dienone is 1. The van der Waals surface area contributed by atoms with Crippen LogP contribution in [0, 0.1) is 0 Å². The van der Waals surface area contributed by atoms with Crippen LogP contribution >= 0.6 is 35.0 Å². The third-order valence-corrected chi connectivity index (χ3v) is 7.06. The summed E-state index contributed by atoms with van der Waals surface area (Å²) in [5, 5.41) is 1.88. The van der Waals surface area contributed by atoms with Gasteiger partial charge in [-0.2, -0.15) is 0 Å². The molecule has 0 N–H and O–H groups in total. The van der Waals surface area contributed by atoms with Gasteiger partial charge < -0.3 is 19.3 Å². The summed E-state index contributed by atoms with van der Waals surface area (Å²) < 4.78 is 11.1. The van der Waals surface area contributed by atoms with Crippen molar-refractivity contribution in [3.8, 4) is 5.75 Å². The molecule has 2 aliphatic heterocycles. The van der Waals surface area contributed by atoms with Gasteiger partial charge in [-0.25, -0.2) is 9.79 Å². The van der Waals surface area contributed by atoms with Crippen molar-refractivity contribution in [2.45, 2.75) is 13.0 Å². The van der Waals surface area contributed by atoms with E-state index in [0.717, 1.165) is 21.2 Å². The van der Waals surface area contributed by atoms with E-state index >= 15 is 0 Å². The Morgan fingerprint density at radius 1 is 1.21 bits per heavy atom. The molecule has 2 aliphatic rings. The largest absolute Gasteiger partial charge is 0.497 e. The molecule has 2 aromatic carbocycles. The first-order chi connectivity index (χ1) is 16.3. The molecule has 0 amide bonds. The Morgan fingerprint density at radius 3 is 2.71 bits per heavy atom. The fourth-order valence-electron chi connectivity index (χ4n) is 3.78. The molecule has 0 aliphatic carbocycles. The quantitative estimate of drug-likeness (QED) is 0.430. The van der Waals surface area contributed by atoms with Gasteiger partial charge in [-0.1, -0.05) is 41.4 Å². The van der Waals surface area contributed by atoms with E-state index in [4.69, 9.17) is 37.7 Å². The minimum absolute atomic E-state index is 0.292. The molecular weight excluding hydrogens is 493 g/mol. The molecule has 0 bridgehead atoms. The van der Waals surface area contributed by atoms with Crippen LogP contribution in [0.25, 0.3) is 4.91 Å². The predicted octanol–water partition coefficient (Wildman–Crippen LogP) is 5.84. The molecule has 0 saturated carbocycles. The number of benzene rings is 2. The number of likely N-dealkylation sites (N-methyl/N-ethyl adjacent to an activating group) is 1. The zero-order chi connectivity index (χ0) is 24.4. The lowest BCUT2D eigenvalue weighted by molar-refractivity contribution is -0.140. The minimum atomic E-state index is -0.425. The molecule has 9 heteroatoms. The number of hydrogen-bond acceptors (Lipinski definition) is 7. The third kappa shape index (κ3) is 5.13. The number of thioether (sulfide) groups is 1. The van der Waals surface area contributed by atoms with Crippen LogP contribution in [0.5, 0.6) is 5.75 Å². The van der Waals surface area contributed by atoms with Crippen LogP contribution in [0.1, 0.15) is 24.1 Å². The number of aliphatic imine (C=N–C) groups is 1. The van der Waals surface area contributed by atoms with Gasteiger partial charge in [0, 0.05) is 28.2 Å². The van der Waals surface area contributed by atoms with Crippen molar-refractivity contribution >= 4 is 51.0 Å². The summed E-state index contributed by atoms with van der Waals surface area (Å²) in [6, 6.07) is 12.7. The van der Waals surface area contributed by atoms with Crippen molar-refractivity contribution in [2.24, 2.45) is 4.99 Å². The predicted molar refractivity (Wildman–Crippen MR) is 139 cm³/mol. The number of rotatable bonds is 7. The Hall–Kier alpha value is -2.45. The van der Waals surface area contributed by atoms with Crippen LogP contribution < -0.4 is 4.74 Å². The van der Waals surface area contributed by atoms with Crippen LogP contribution in [-0.4, -0.2) is 55.3 Å². The second kappa shape index (κ2) is 10.4. The highest BCUT2D eigenvalue weighted by Crippen LogP contribution is 2.48. The lowest BCUT2D eigenvalue weighted by atomic mass is 9.94. The van der Waals surface area contributed by atoms with E-state index < -0.39 is 6.04 Å². The lowest BCUT2D eigenvalue weighted by Crippen LogP contribution is -2.34. The Bertz CT molecular complexity index is 1210. The van der Waals surface area contributed by atoms with E-state index in [1.54, 1.807) is 19.2 Å². The molecule has 2 aromatic rings. The maximum absolute atomic E-state index is 13.3. The number of carbonyl (C=O) groups excluding carboxylic acids is 1. The highest BCUT2D eigenvalue weighted by molar-refractivity contribution is 8.22. The first kappa shape index (κ1) is 24.7. The van der Waals surface area contributed by atoms with E-state index in [1.807, 2.05) is 67.4 Å². The van der Waals surface area contributed by atoms with Crippen molar-refractivity contribution in [2.75, 3.05) is 34.4 Å². The summed E-state index contributed by atoms with van der Waals surface area (Å²) in [6.45, 7) is 2.77. The van der Waals surface area contributed by atoms with Crippen molar-refractivity contribution in [3.05, 3.63) is 81.1 Å².